The number of benzene rings is 1. The van der Waals surface area contributed by atoms with Crippen molar-refractivity contribution >= 4 is 11.9 Å². The van der Waals surface area contributed by atoms with Crippen LogP contribution < -0.4 is 5.32 Å². The third-order valence-corrected chi connectivity index (χ3v) is 2.95. The summed E-state index contributed by atoms with van der Waals surface area (Å²) in [5.41, 5.74) is 0.944. The SMILES string of the molecule is CC[C@H]1C(=O)N[C@H]1C(=O)OCc1ccccc1. The topological polar surface area (TPSA) is 55.4 Å². The molecule has 0 radical (unpaired) electrons. The zero-order chi connectivity index (χ0) is 12.3. The minimum Gasteiger partial charge on any atom is -0.459 e. The van der Waals surface area contributed by atoms with Gasteiger partial charge in [-0.25, -0.2) is 4.79 Å². The summed E-state index contributed by atoms with van der Waals surface area (Å²) in [6.45, 7) is 2.14. The zero-order valence-corrected chi connectivity index (χ0v) is 9.68. The van der Waals surface area contributed by atoms with Crippen LogP contribution in [0.4, 0.5) is 0 Å². The molecule has 1 aliphatic heterocycles. The maximum atomic E-state index is 11.7. The summed E-state index contributed by atoms with van der Waals surface area (Å²) in [5, 5.41) is 2.57. The number of nitrogens with one attached hydrogen (secondary N) is 1. The molecule has 0 spiro atoms. The quantitative estimate of drug-likeness (QED) is 0.629. The van der Waals surface area contributed by atoms with Gasteiger partial charge in [0.05, 0.1) is 5.92 Å². The Morgan fingerprint density at radius 2 is 2.06 bits per heavy atom. The number of rotatable bonds is 4. The van der Waals surface area contributed by atoms with Crippen LogP contribution in [0.1, 0.15) is 18.9 Å². The summed E-state index contributed by atoms with van der Waals surface area (Å²) in [7, 11) is 0. The molecule has 1 N–H and O–H groups in total. The molecule has 1 heterocycles. The van der Waals surface area contributed by atoms with Gasteiger partial charge in [-0.3, -0.25) is 4.79 Å². The van der Waals surface area contributed by atoms with Gasteiger partial charge in [-0.1, -0.05) is 37.3 Å². The number of ether oxygens (including phenoxy) is 1. The van der Waals surface area contributed by atoms with E-state index in [1.807, 2.05) is 37.3 Å². The van der Waals surface area contributed by atoms with E-state index in [1.54, 1.807) is 0 Å². The van der Waals surface area contributed by atoms with Crippen LogP contribution in [0.25, 0.3) is 0 Å². The number of amides is 1. The fraction of sp³-hybridized carbons (Fsp3) is 0.385. The Morgan fingerprint density at radius 3 is 2.65 bits per heavy atom. The van der Waals surface area contributed by atoms with E-state index in [-0.39, 0.29) is 24.4 Å². The molecule has 1 fully saturated rings. The van der Waals surface area contributed by atoms with Gasteiger partial charge in [0.1, 0.15) is 12.6 Å². The first kappa shape index (κ1) is 11.6. The van der Waals surface area contributed by atoms with Crippen LogP contribution in [0.15, 0.2) is 30.3 Å². The average molecular weight is 233 g/mol. The normalized spacial score (nSPS) is 22.5. The van der Waals surface area contributed by atoms with Gasteiger partial charge in [0.25, 0.3) is 0 Å². The lowest BCUT2D eigenvalue weighted by Crippen LogP contribution is -2.62. The molecule has 1 aromatic rings. The lowest BCUT2D eigenvalue weighted by atomic mass is 9.88. The fourth-order valence-electron chi connectivity index (χ4n) is 1.88. The first-order chi connectivity index (χ1) is 8.22. The first-order valence-corrected chi connectivity index (χ1v) is 5.73. The fourth-order valence-corrected chi connectivity index (χ4v) is 1.88. The van der Waals surface area contributed by atoms with E-state index in [0.717, 1.165) is 5.56 Å². The molecule has 0 aromatic heterocycles. The van der Waals surface area contributed by atoms with Crippen LogP contribution in [-0.2, 0) is 20.9 Å². The Morgan fingerprint density at radius 1 is 1.35 bits per heavy atom. The summed E-state index contributed by atoms with van der Waals surface area (Å²) in [4.78, 5) is 22.8. The lowest BCUT2D eigenvalue weighted by molar-refractivity contribution is -0.159. The predicted octanol–water partition coefficient (Wildman–Crippen LogP) is 1.25. The monoisotopic (exact) mass is 233 g/mol. The van der Waals surface area contributed by atoms with E-state index < -0.39 is 6.04 Å². The molecular formula is C13H15NO3. The molecule has 0 bridgehead atoms. The third-order valence-electron chi connectivity index (χ3n) is 2.95. The molecule has 0 aliphatic carbocycles. The van der Waals surface area contributed by atoms with Crippen molar-refractivity contribution in [3.05, 3.63) is 35.9 Å². The van der Waals surface area contributed by atoms with E-state index in [4.69, 9.17) is 4.74 Å². The Hall–Kier alpha value is -1.84. The number of β-lactam (4-membered cyclic amide) rings is 1. The van der Waals surface area contributed by atoms with Crippen LogP contribution in [0, 0.1) is 5.92 Å². The number of esters is 1. The minimum absolute atomic E-state index is 0.0610. The molecule has 1 aliphatic rings. The third kappa shape index (κ3) is 2.46. The van der Waals surface area contributed by atoms with E-state index >= 15 is 0 Å². The van der Waals surface area contributed by atoms with Crippen molar-refractivity contribution in [2.24, 2.45) is 5.92 Å². The van der Waals surface area contributed by atoms with Crippen LogP contribution in [0.2, 0.25) is 0 Å². The van der Waals surface area contributed by atoms with E-state index in [0.29, 0.717) is 6.42 Å². The van der Waals surface area contributed by atoms with Crippen LogP contribution in [0.5, 0.6) is 0 Å². The minimum atomic E-state index is -0.462. The van der Waals surface area contributed by atoms with Crippen LogP contribution >= 0.6 is 0 Å². The van der Waals surface area contributed by atoms with Gasteiger partial charge in [-0.2, -0.15) is 0 Å². The van der Waals surface area contributed by atoms with Crippen molar-refractivity contribution in [3.8, 4) is 0 Å². The largest absolute Gasteiger partial charge is 0.459 e. The number of hydrogen-bond acceptors (Lipinski definition) is 3. The summed E-state index contributed by atoms with van der Waals surface area (Å²) < 4.78 is 5.16. The van der Waals surface area contributed by atoms with Crippen molar-refractivity contribution in [2.75, 3.05) is 0 Å². The maximum Gasteiger partial charge on any atom is 0.329 e. The molecule has 90 valence electrons. The molecule has 2 atom stereocenters. The molecule has 4 heteroatoms. The number of carbonyl (C=O) groups is 2. The highest BCUT2D eigenvalue weighted by atomic mass is 16.5. The molecule has 2 rings (SSSR count). The van der Waals surface area contributed by atoms with Gasteiger partial charge in [0, 0.05) is 0 Å². The van der Waals surface area contributed by atoms with Gasteiger partial charge >= 0.3 is 5.97 Å². The molecule has 17 heavy (non-hydrogen) atoms. The highest BCUT2D eigenvalue weighted by Gasteiger charge is 2.43. The highest BCUT2D eigenvalue weighted by Crippen LogP contribution is 2.20. The van der Waals surface area contributed by atoms with Gasteiger partial charge in [0.15, 0.2) is 0 Å². The molecule has 1 amide bonds. The second kappa shape index (κ2) is 4.99. The van der Waals surface area contributed by atoms with Crippen LogP contribution in [0.3, 0.4) is 0 Å². The van der Waals surface area contributed by atoms with E-state index in [1.165, 1.54) is 0 Å². The molecular weight excluding hydrogens is 218 g/mol. The van der Waals surface area contributed by atoms with Gasteiger partial charge < -0.3 is 10.1 Å². The van der Waals surface area contributed by atoms with Crippen molar-refractivity contribution in [1.82, 2.24) is 5.32 Å². The lowest BCUT2D eigenvalue weighted by Gasteiger charge is -2.33. The summed E-state index contributed by atoms with van der Waals surface area (Å²) in [6.07, 6.45) is 0.664. The first-order valence-electron chi connectivity index (χ1n) is 5.73. The second-order valence-electron chi connectivity index (χ2n) is 4.09. The van der Waals surface area contributed by atoms with Crippen molar-refractivity contribution < 1.29 is 14.3 Å². The van der Waals surface area contributed by atoms with Gasteiger partial charge in [-0.05, 0) is 12.0 Å². The molecule has 1 saturated heterocycles. The zero-order valence-electron chi connectivity index (χ0n) is 9.68. The Balaban J connectivity index is 1.84. The smallest absolute Gasteiger partial charge is 0.329 e. The average Bonchev–Trinajstić information content (AvgIpc) is 2.35. The number of carbonyl (C=O) groups excluding carboxylic acids is 2. The van der Waals surface area contributed by atoms with Crippen LogP contribution in [-0.4, -0.2) is 17.9 Å². The predicted molar refractivity (Wildman–Crippen MR) is 61.9 cm³/mol. The Bertz CT molecular complexity index is 416. The standard InChI is InChI=1S/C13H15NO3/c1-2-10-11(14-12(10)15)13(16)17-8-9-6-4-3-5-7-9/h3-7,10-11H,2,8H2,1H3,(H,14,15)/t10-,11-/m1/s1. The molecule has 1 aromatic carbocycles. The molecule has 0 unspecified atom stereocenters. The Kier molecular flexibility index (Phi) is 3.42. The highest BCUT2D eigenvalue weighted by molar-refractivity contribution is 5.97. The summed E-state index contributed by atoms with van der Waals surface area (Å²) >= 11 is 0. The summed E-state index contributed by atoms with van der Waals surface area (Å²) in [6, 6.07) is 9.02. The van der Waals surface area contributed by atoms with Crippen molar-refractivity contribution in [1.29, 1.82) is 0 Å². The van der Waals surface area contributed by atoms with Crippen molar-refractivity contribution in [2.45, 2.75) is 26.0 Å². The summed E-state index contributed by atoms with van der Waals surface area (Å²) in [5.74, 6) is -0.632. The van der Waals surface area contributed by atoms with Crippen molar-refractivity contribution in [3.63, 3.8) is 0 Å². The second-order valence-corrected chi connectivity index (χ2v) is 4.09. The number of hydrogen-bond donors (Lipinski definition) is 1. The van der Waals surface area contributed by atoms with E-state index in [9.17, 15) is 9.59 Å². The molecule has 0 saturated carbocycles. The molecule has 4 nitrogen and oxygen atoms in total. The van der Waals surface area contributed by atoms with Gasteiger partial charge in [0.2, 0.25) is 5.91 Å². The van der Waals surface area contributed by atoms with Gasteiger partial charge in [-0.15, -0.1) is 0 Å². The maximum absolute atomic E-state index is 11.7. The Labute approximate surface area is 100.0 Å². The van der Waals surface area contributed by atoms with E-state index in [2.05, 4.69) is 5.32 Å².